The molecule has 2 aromatic rings. The SMILES string of the molecule is C[Si](C)(C)c1cccc2c1Cc1ccccc1O2. The Morgan fingerprint density at radius 2 is 1.61 bits per heavy atom. The minimum Gasteiger partial charge on any atom is -0.457 e. The van der Waals surface area contributed by atoms with Gasteiger partial charge in [-0.2, -0.15) is 0 Å². The first-order chi connectivity index (χ1) is 8.55. The second-order valence-electron chi connectivity index (χ2n) is 5.92. The molecule has 0 saturated carbocycles. The van der Waals surface area contributed by atoms with Crippen molar-refractivity contribution < 1.29 is 4.74 Å². The first-order valence-electron chi connectivity index (χ1n) is 6.44. The van der Waals surface area contributed by atoms with Gasteiger partial charge in [-0.1, -0.05) is 55.2 Å². The van der Waals surface area contributed by atoms with E-state index in [1.54, 1.807) is 0 Å². The number of hydrogen-bond acceptors (Lipinski definition) is 1. The molecule has 0 aromatic heterocycles. The third-order valence-corrected chi connectivity index (χ3v) is 5.59. The van der Waals surface area contributed by atoms with Crippen LogP contribution in [-0.4, -0.2) is 8.07 Å². The second-order valence-corrected chi connectivity index (χ2v) is 11.0. The summed E-state index contributed by atoms with van der Waals surface area (Å²) in [6, 6.07) is 14.8. The number of fused-ring (bicyclic) bond motifs is 2. The van der Waals surface area contributed by atoms with E-state index >= 15 is 0 Å². The van der Waals surface area contributed by atoms with Crippen molar-refractivity contribution in [2.24, 2.45) is 0 Å². The van der Waals surface area contributed by atoms with Crippen LogP contribution in [0.3, 0.4) is 0 Å². The summed E-state index contributed by atoms with van der Waals surface area (Å²) in [6.45, 7) is 7.18. The zero-order chi connectivity index (χ0) is 12.8. The van der Waals surface area contributed by atoms with Crippen molar-refractivity contribution in [2.75, 3.05) is 0 Å². The number of benzene rings is 2. The lowest BCUT2D eigenvalue weighted by Gasteiger charge is -2.27. The molecule has 0 fully saturated rings. The summed E-state index contributed by atoms with van der Waals surface area (Å²) >= 11 is 0. The molecule has 0 atom stereocenters. The smallest absolute Gasteiger partial charge is 0.130 e. The van der Waals surface area contributed by atoms with Gasteiger partial charge in [0, 0.05) is 6.42 Å². The van der Waals surface area contributed by atoms with E-state index in [1.807, 2.05) is 6.07 Å². The predicted molar refractivity (Wildman–Crippen MR) is 78.7 cm³/mol. The molecule has 0 bridgehead atoms. The first kappa shape index (κ1) is 11.5. The molecule has 1 nitrogen and oxygen atoms in total. The van der Waals surface area contributed by atoms with E-state index in [9.17, 15) is 0 Å². The maximum absolute atomic E-state index is 6.04. The van der Waals surface area contributed by atoms with Crippen LogP contribution < -0.4 is 9.92 Å². The summed E-state index contributed by atoms with van der Waals surface area (Å²) in [7, 11) is -1.31. The van der Waals surface area contributed by atoms with Gasteiger partial charge in [-0.05, 0) is 23.3 Å². The summed E-state index contributed by atoms with van der Waals surface area (Å²) in [5.41, 5.74) is 2.70. The van der Waals surface area contributed by atoms with Crippen molar-refractivity contribution in [3.05, 3.63) is 53.6 Å². The minimum atomic E-state index is -1.31. The highest BCUT2D eigenvalue weighted by Crippen LogP contribution is 2.35. The summed E-state index contributed by atoms with van der Waals surface area (Å²) < 4.78 is 6.04. The molecule has 3 rings (SSSR count). The predicted octanol–water partition coefficient (Wildman–Crippen LogP) is 3.93. The summed E-state index contributed by atoms with van der Waals surface area (Å²) in [5.74, 6) is 2.06. The lowest BCUT2D eigenvalue weighted by atomic mass is 10.0. The van der Waals surface area contributed by atoms with Gasteiger partial charge < -0.3 is 4.74 Å². The van der Waals surface area contributed by atoms with E-state index in [-0.39, 0.29) is 0 Å². The number of hydrogen-bond donors (Lipinski definition) is 0. The van der Waals surface area contributed by atoms with Crippen LogP contribution in [-0.2, 0) is 6.42 Å². The van der Waals surface area contributed by atoms with E-state index in [0.717, 1.165) is 17.9 Å². The van der Waals surface area contributed by atoms with Gasteiger partial charge in [-0.25, -0.2) is 0 Å². The van der Waals surface area contributed by atoms with Crippen molar-refractivity contribution in [3.63, 3.8) is 0 Å². The summed E-state index contributed by atoms with van der Waals surface area (Å²) in [6.07, 6.45) is 1.01. The van der Waals surface area contributed by atoms with Gasteiger partial charge in [0.15, 0.2) is 0 Å². The lowest BCUT2D eigenvalue weighted by Crippen LogP contribution is -2.40. The van der Waals surface area contributed by atoms with Gasteiger partial charge in [-0.3, -0.25) is 0 Å². The van der Waals surface area contributed by atoms with Crippen LogP contribution in [0.15, 0.2) is 42.5 Å². The average molecular weight is 254 g/mol. The number of para-hydroxylation sites is 1. The molecule has 2 aromatic carbocycles. The van der Waals surface area contributed by atoms with Gasteiger partial charge in [0.25, 0.3) is 0 Å². The van der Waals surface area contributed by atoms with E-state index in [2.05, 4.69) is 56.0 Å². The fraction of sp³-hybridized carbons (Fsp3) is 0.250. The Kier molecular flexibility index (Phi) is 2.56. The van der Waals surface area contributed by atoms with Crippen molar-refractivity contribution in [1.29, 1.82) is 0 Å². The van der Waals surface area contributed by atoms with Crippen molar-refractivity contribution in [2.45, 2.75) is 26.1 Å². The maximum Gasteiger partial charge on any atom is 0.130 e. The highest BCUT2D eigenvalue weighted by atomic mass is 28.3. The molecule has 0 saturated heterocycles. The molecule has 1 aliphatic heterocycles. The zero-order valence-electron chi connectivity index (χ0n) is 11.2. The summed E-state index contributed by atoms with van der Waals surface area (Å²) in [5, 5.41) is 1.52. The Labute approximate surface area is 109 Å². The van der Waals surface area contributed by atoms with Crippen molar-refractivity contribution in [3.8, 4) is 11.5 Å². The van der Waals surface area contributed by atoms with Gasteiger partial charge in [0.1, 0.15) is 11.5 Å². The third-order valence-electron chi connectivity index (χ3n) is 3.50. The zero-order valence-corrected chi connectivity index (χ0v) is 12.2. The topological polar surface area (TPSA) is 9.23 Å². The highest BCUT2D eigenvalue weighted by molar-refractivity contribution is 6.89. The third kappa shape index (κ3) is 1.87. The Balaban J connectivity index is 2.14. The molecular weight excluding hydrogens is 236 g/mol. The van der Waals surface area contributed by atoms with E-state index in [1.165, 1.54) is 16.3 Å². The standard InChI is InChI=1S/C16H18OSi/c1-18(2,3)16-10-6-9-15-13(16)11-12-7-4-5-8-14(12)17-15/h4-10H,11H2,1-3H3. The number of rotatable bonds is 1. The van der Waals surface area contributed by atoms with Gasteiger partial charge in [0.05, 0.1) is 8.07 Å². The Bertz CT molecular complexity index is 596. The van der Waals surface area contributed by atoms with Crippen LogP contribution in [0.4, 0.5) is 0 Å². The van der Waals surface area contributed by atoms with Gasteiger partial charge in [0.2, 0.25) is 0 Å². The Morgan fingerprint density at radius 1 is 0.889 bits per heavy atom. The molecule has 92 valence electrons. The molecule has 0 unspecified atom stereocenters. The van der Waals surface area contributed by atoms with Crippen LogP contribution in [0, 0.1) is 0 Å². The highest BCUT2D eigenvalue weighted by Gasteiger charge is 2.25. The Hall–Kier alpha value is -1.54. The fourth-order valence-electron chi connectivity index (χ4n) is 2.60. The maximum atomic E-state index is 6.04. The molecule has 18 heavy (non-hydrogen) atoms. The number of ether oxygens (including phenoxy) is 1. The average Bonchev–Trinajstić information content (AvgIpc) is 2.34. The van der Waals surface area contributed by atoms with Crippen LogP contribution in [0.1, 0.15) is 11.1 Å². The van der Waals surface area contributed by atoms with Crippen LogP contribution in [0.25, 0.3) is 0 Å². The Morgan fingerprint density at radius 3 is 2.39 bits per heavy atom. The van der Waals surface area contributed by atoms with Crippen LogP contribution in [0.5, 0.6) is 11.5 Å². The van der Waals surface area contributed by atoms with Crippen molar-refractivity contribution >= 4 is 13.3 Å². The minimum absolute atomic E-state index is 1.01. The molecule has 1 heterocycles. The molecule has 0 radical (unpaired) electrons. The van der Waals surface area contributed by atoms with Crippen molar-refractivity contribution in [1.82, 2.24) is 0 Å². The molecule has 0 N–H and O–H groups in total. The van der Waals surface area contributed by atoms with E-state index in [0.29, 0.717) is 0 Å². The lowest BCUT2D eigenvalue weighted by molar-refractivity contribution is 0.461. The normalized spacial score (nSPS) is 13.5. The van der Waals surface area contributed by atoms with Gasteiger partial charge >= 0.3 is 0 Å². The molecule has 0 amide bonds. The largest absolute Gasteiger partial charge is 0.457 e. The molecule has 2 heteroatoms. The summed E-state index contributed by atoms with van der Waals surface area (Å²) in [4.78, 5) is 0. The van der Waals surface area contributed by atoms with Crippen LogP contribution in [0.2, 0.25) is 19.6 Å². The molecule has 0 aliphatic carbocycles. The van der Waals surface area contributed by atoms with E-state index in [4.69, 9.17) is 4.74 Å². The fourth-order valence-corrected chi connectivity index (χ4v) is 4.32. The van der Waals surface area contributed by atoms with E-state index < -0.39 is 8.07 Å². The molecule has 1 aliphatic rings. The second kappa shape index (κ2) is 3.99. The molecular formula is C16H18OSi. The monoisotopic (exact) mass is 254 g/mol. The van der Waals surface area contributed by atoms with Crippen LogP contribution >= 0.6 is 0 Å². The molecule has 0 spiro atoms. The quantitative estimate of drug-likeness (QED) is 0.598. The first-order valence-corrected chi connectivity index (χ1v) is 9.94. The van der Waals surface area contributed by atoms with Gasteiger partial charge in [-0.15, -0.1) is 0 Å².